The van der Waals surface area contributed by atoms with Crippen molar-refractivity contribution >= 4 is 11.6 Å². The lowest BCUT2D eigenvalue weighted by molar-refractivity contribution is -0.134. The standard InChI is InChI=1S/C9H14O2/c1-2-8(10)7-5-3-4-6-9(7)11/h7H,2-6H2,1H3/t7-/m0/s1. The molecular formula is C9H14O2. The van der Waals surface area contributed by atoms with Crippen LogP contribution >= 0.6 is 0 Å². The van der Waals surface area contributed by atoms with Crippen molar-refractivity contribution in [3.05, 3.63) is 0 Å². The van der Waals surface area contributed by atoms with Crippen LogP contribution in [0.3, 0.4) is 0 Å². The van der Waals surface area contributed by atoms with E-state index in [-0.39, 0.29) is 17.5 Å². The second kappa shape index (κ2) is 3.65. The Hall–Kier alpha value is -0.660. The zero-order valence-corrected chi connectivity index (χ0v) is 6.93. The fourth-order valence-electron chi connectivity index (χ4n) is 1.57. The molecule has 1 atom stereocenters. The van der Waals surface area contributed by atoms with Gasteiger partial charge < -0.3 is 0 Å². The van der Waals surface area contributed by atoms with Gasteiger partial charge in [-0.1, -0.05) is 13.3 Å². The SMILES string of the molecule is CCC(=O)[C@@H]1CCCCC1=O. The van der Waals surface area contributed by atoms with Gasteiger partial charge in [0.15, 0.2) is 0 Å². The molecule has 0 aromatic heterocycles. The van der Waals surface area contributed by atoms with E-state index in [0.717, 1.165) is 19.3 Å². The van der Waals surface area contributed by atoms with E-state index >= 15 is 0 Å². The predicted octanol–water partition coefficient (Wildman–Crippen LogP) is 1.72. The molecule has 1 saturated carbocycles. The van der Waals surface area contributed by atoms with Crippen LogP contribution in [0.25, 0.3) is 0 Å². The van der Waals surface area contributed by atoms with Crippen LogP contribution in [-0.2, 0) is 9.59 Å². The summed E-state index contributed by atoms with van der Waals surface area (Å²) in [7, 11) is 0. The fraction of sp³-hybridized carbons (Fsp3) is 0.778. The van der Waals surface area contributed by atoms with E-state index in [2.05, 4.69) is 0 Å². The highest BCUT2D eigenvalue weighted by Gasteiger charge is 2.26. The zero-order valence-electron chi connectivity index (χ0n) is 6.93. The summed E-state index contributed by atoms with van der Waals surface area (Å²) >= 11 is 0. The molecule has 62 valence electrons. The Balaban J connectivity index is 2.54. The molecule has 0 N–H and O–H groups in total. The third kappa shape index (κ3) is 1.88. The van der Waals surface area contributed by atoms with Crippen molar-refractivity contribution in [1.82, 2.24) is 0 Å². The van der Waals surface area contributed by atoms with E-state index in [1.165, 1.54) is 0 Å². The first-order valence-corrected chi connectivity index (χ1v) is 4.31. The first-order valence-electron chi connectivity index (χ1n) is 4.31. The molecule has 0 aromatic carbocycles. The molecule has 0 radical (unpaired) electrons. The molecule has 0 bridgehead atoms. The van der Waals surface area contributed by atoms with Crippen molar-refractivity contribution in [2.45, 2.75) is 39.0 Å². The molecule has 0 aromatic rings. The summed E-state index contributed by atoms with van der Waals surface area (Å²) in [5.41, 5.74) is 0. The van der Waals surface area contributed by atoms with Crippen LogP contribution in [0.1, 0.15) is 39.0 Å². The lowest BCUT2D eigenvalue weighted by Gasteiger charge is -2.18. The summed E-state index contributed by atoms with van der Waals surface area (Å²) in [5.74, 6) is 0.0616. The van der Waals surface area contributed by atoms with Gasteiger partial charge in [0, 0.05) is 12.8 Å². The topological polar surface area (TPSA) is 34.1 Å². The molecule has 1 rings (SSSR count). The number of hydrogen-bond acceptors (Lipinski definition) is 2. The maximum atomic E-state index is 11.2. The highest BCUT2D eigenvalue weighted by atomic mass is 16.1. The van der Waals surface area contributed by atoms with Gasteiger partial charge >= 0.3 is 0 Å². The predicted molar refractivity (Wildman–Crippen MR) is 42.3 cm³/mol. The lowest BCUT2D eigenvalue weighted by Crippen LogP contribution is -2.26. The number of rotatable bonds is 2. The number of carbonyl (C=O) groups excluding carboxylic acids is 2. The van der Waals surface area contributed by atoms with E-state index in [1.807, 2.05) is 6.92 Å². The first kappa shape index (κ1) is 8.44. The molecule has 0 aliphatic heterocycles. The Morgan fingerprint density at radius 2 is 2.27 bits per heavy atom. The Morgan fingerprint density at radius 1 is 1.55 bits per heavy atom. The number of Topliss-reactive ketones (excluding diaryl/α,β-unsaturated/α-hetero) is 2. The summed E-state index contributed by atoms with van der Waals surface area (Å²) in [6.07, 6.45) is 3.95. The molecule has 0 unspecified atom stereocenters. The molecule has 2 nitrogen and oxygen atoms in total. The minimum Gasteiger partial charge on any atom is -0.299 e. The third-order valence-corrected chi connectivity index (χ3v) is 2.29. The summed E-state index contributed by atoms with van der Waals surface area (Å²) in [6, 6.07) is 0. The van der Waals surface area contributed by atoms with Crippen molar-refractivity contribution in [3.63, 3.8) is 0 Å². The van der Waals surface area contributed by atoms with Crippen molar-refractivity contribution in [1.29, 1.82) is 0 Å². The van der Waals surface area contributed by atoms with Crippen LogP contribution < -0.4 is 0 Å². The van der Waals surface area contributed by atoms with E-state index in [9.17, 15) is 9.59 Å². The lowest BCUT2D eigenvalue weighted by atomic mass is 9.84. The minimum absolute atomic E-state index is 0.134. The molecule has 1 fully saturated rings. The molecule has 11 heavy (non-hydrogen) atoms. The van der Waals surface area contributed by atoms with Gasteiger partial charge in [-0.25, -0.2) is 0 Å². The number of carbonyl (C=O) groups is 2. The highest BCUT2D eigenvalue weighted by molar-refractivity contribution is 6.02. The maximum Gasteiger partial charge on any atom is 0.143 e. The van der Waals surface area contributed by atoms with Gasteiger partial charge in [0.2, 0.25) is 0 Å². The zero-order chi connectivity index (χ0) is 8.27. The van der Waals surface area contributed by atoms with Crippen LogP contribution in [0.15, 0.2) is 0 Å². The van der Waals surface area contributed by atoms with Gasteiger partial charge in [0.1, 0.15) is 11.6 Å². The Morgan fingerprint density at radius 3 is 2.82 bits per heavy atom. The normalized spacial score (nSPS) is 25.2. The largest absolute Gasteiger partial charge is 0.299 e. The second-order valence-corrected chi connectivity index (χ2v) is 3.08. The maximum absolute atomic E-state index is 11.2. The van der Waals surface area contributed by atoms with Gasteiger partial charge in [-0.05, 0) is 12.8 Å². The van der Waals surface area contributed by atoms with Crippen molar-refractivity contribution in [3.8, 4) is 0 Å². The molecule has 0 saturated heterocycles. The second-order valence-electron chi connectivity index (χ2n) is 3.08. The van der Waals surface area contributed by atoms with Gasteiger partial charge in [-0.3, -0.25) is 9.59 Å². The van der Waals surface area contributed by atoms with E-state index in [0.29, 0.717) is 12.8 Å². The molecule has 0 amide bonds. The van der Waals surface area contributed by atoms with Gasteiger partial charge in [-0.15, -0.1) is 0 Å². The van der Waals surface area contributed by atoms with E-state index < -0.39 is 0 Å². The Bertz CT molecular complexity index is 164. The first-order chi connectivity index (χ1) is 5.25. The molecular weight excluding hydrogens is 140 g/mol. The fourth-order valence-corrected chi connectivity index (χ4v) is 1.57. The van der Waals surface area contributed by atoms with Gasteiger partial charge in [-0.2, -0.15) is 0 Å². The summed E-state index contributed by atoms with van der Waals surface area (Å²) in [6.45, 7) is 1.82. The number of hydrogen-bond donors (Lipinski definition) is 0. The Kier molecular flexibility index (Phi) is 2.80. The number of ketones is 2. The minimum atomic E-state index is -0.242. The van der Waals surface area contributed by atoms with Crippen LogP contribution in [0.2, 0.25) is 0 Å². The van der Waals surface area contributed by atoms with E-state index in [4.69, 9.17) is 0 Å². The molecule has 2 heteroatoms. The highest BCUT2D eigenvalue weighted by Crippen LogP contribution is 2.21. The average Bonchev–Trinajstić information content (AvgIpc) is 2.04. The molecule has 1 aliphatic carbocycles. The molecule has 0 heterocycles. The summed E-state index contributed by atoms with van der Waals surface area (Å²) in [4.78, 5) is 22.3. The van der Waals surface area contributed by atoms with Crippen LogP contribution in [0.5, 0.6) is 0 Å². The smallest absolute Gasteiger partial charge is 0.143 e. The molecule has 1 aliphatic rings. The van der Waals surface area contributed by atoms with Gasteiger partial charge in [0.25, 0.3) is 0 Å². The van der Waals surface area contributed by atoms with Crippen LogP contribution in [-0.4, -0.2) is 11.6 Å². The van der Waals surface area contributed by atoms with Gasteiger partial charge in [0.05, 0.1) is 5.92 Å². The molecule has 0 spiro atoms. The van der Waals surface area contributed by atoms with Crippen molar-refractivity contribution in [2.75, 3.05) is 0 Å². The summed E-state index contributed by atoms with van der Waals surface area (Å²) < 4.78 is 0. The quantitative estimate of drug-likeness (QED) is 0.567. The van der Waals surface area contributed by atoms with Crippen LogP contribution in [0.4, 0.5) is 0 Å². The van der Waals surface area contributed by atoms with Crippen LogP contribution in [0, 0.1) is 5.92 Å². The Labute approximate surface area is 67.0 Å². The van der Waals surface area contributed by atoms with Crippen molar-refractivity contribution < 1.29 is 9.59 Å². The van der Waals surface area contributed by atoms with Crippen molar-refractivity contribution in [2.24, 2.45) is 5.92 Å². The average molecular weight is 154 g/mol. The third-order valence-electron chi connectivity index (χ3n) is 2.29. The van der Waals surface area contributed by atoms with E-state index in [1.54, 1.807) is 0 Å². The monoisotopic (exact) mass is 154 g/mol. The summed E-state index contributed by atoms with van der Waals surface area (Å²) in [5, 5.41) is 0.